The van der Waals surface area contributed by atoms with Crippen molar-refractivity contribution in [3.05, 3.63) is 47.7 Å². The summed E-state index contributed by atoms with van der Waals surface area (Å²) in [4.78, 5) is 24.5. The van der Waals surface area contributed by atoms with E-state index in [0.717, 1.165) is 6.07 Å². The number of esters is 1. The van der Waals surface area contributed by atoms with Gasteiger partial charge in [-0.15, -0.1) is 0 Å². The van der Waals surface area contributed by atoms with Crippen LogP contribution in [0, 0.1) is 6.92 Å². The Labute approximate surface area is 146 Å². The first kappa shape index (κ1) is 19.3. The average molecular weight is 371 g/mol. The van der Waals surface area contributed by atoms with Crippen LogP contribution in [0.4, 0.5) is 19.0 Å². The Morgan fingerprint density at radius 3 is 2.38 bits per heavy atom. The lowest BCUT2D eigenvalue weighted by Crippen LogP contribution is -2.69. The SMILES string of the molecule is CCOC(=O)[C@](NC(=O)c1ccccc1)(Nc1cc(C)on1)C(F)(F)F. The minimum absolute atomic E-state index is 0.0662. The Hall–Kier alpha value is -3.04. The summed E-state index contributed by atoms with van der Waals surface area (Å²) in [6, 6.07) is 8.31. The quantitative estimate of drug-likeness (QED) is 0.599. The van der Waals surface area contributed by atoms with Crippen LogP contribution in [0.5, 0.6) is 0 Å². The van der Waals surface area contributed by atoms with Gasteiger partial charge in [0, 0.05) is 11.6 Å². The smallest absolute Gasteiger partial charge is 0.441 e. The summed E-state index contributed by atoms with van der Waals surface area (Å²) in [7, 11) is 0. The lowest BCUT2D eigenvalue weighted by atomic mass is 10.1. The maximum absolute atomic E-state index is 13.9. The van der Waals surface area contributed by atoms with Gasteiger partial charge in [-0.3, -0.25) is 4.79 Å². The summed E-state index contributed by atoms with van der Waals surface area (Å²) in [6.45, 7) is 2.48. The van der Waals surface area contributed by atoms with E-state index in [2.05, 4.69) is 9.89 Å². The monoisotopic (exact) mass is 371 g/mol. The summed E-state index contributed by atoms with van der Waals surface area (Å²) in [5.74, 6) is -3.02. The van der Waals surface area contributed by atoms with Gasteiger partial charge in [0.15, 0.2) is 5.82 Å². The van der Waals surface area contributed by atoms with E-state index in [9.17, 15) is 22.8 Å². The highest BCUT2D eigenvalue weighted by Gasteiger charge is 2.64. The van der Waals surface area contributed by atoms with Gasteiger partial charge in [0.25, 0.3) is 5.91 Å². The van der Waals surface area contributed by atoms with Crippen LogP contribution in [0.15, 0.2) is 40.9 Å². The van der Waals surface area contributed by atoms with E-state index in [1.807, 2.05) is 5.32 Å². The molecule has 140 valence electrons. The Bertz CT molecular complexity index is 777. The molecule has 26 heavy (non-hydrogen) atoms. The maximum Gasteiger partial charge on any atom is 0.441 e. The summed E-state index contributed by atoms with van der Waals surface area (Å²) < 4.78 is 50.9. The molecule has 0 unspecified atom stereocenters. The number of hydrogen-bond acceptors (Lipinski definition) is 6. The number of nitrogens with zero attached hydrogens (tertiary/aromatic N) is 1. The molecule has 0 saturated carbocycles. The molecule has 1 heterocycles. The zero-order valence-corrected chi connectivity index (χ0v) is 13.9. The molecule has 0 aliphatic rings. The fraction of sp³-hybridized carbons (Fsp3) is 0.312. The Balaban J connectivity index is 2.47. The van der Waals surface area contributed by atoms with Crippen molar-refractivity contribution in [1.29, 1.82) is 0 Å². The van der Waals surface area contributed by atoms with Crippen LogP contribution in [0.1, 0.15) is 23.0 Å². The molecule has 1 amide bonds. The number of benzene rings is 1. The van der Waals surface area contributed by atoms with Crippen molar-refractivity contribution in [2.24, 2.45) is 0 Å². The number of carbonyl (C=O) groups excluding carboxylic acids is 2. The number of nitrogens with one attached hydrogen (secondary N) is 2. The fourth-order valence-corrected chi connectivity index (χ4v) is 2.08. The molecule has 0 aliphatic heterocycles. The van der Waals surface area contributed by atoms with E-state index in [0.29, 0.717) is 0 Å². The third-order valence-corrected chi connectivity index (χ3v) is 3.29. The normalized spacial score (nSPS) is 13.6. The van der Waals surface area contributed by atoms with E-state index in [1.54, 1.807) is 11.4 Å². The lowest BCUT2D eigenvalue weighted by molar-refractivity contribution is -0.204. The van der Waals surface area contributed by atoms with Crippen LogP contribution in [-0.4, -0.2) is 35.5 Å². The number of aromatic nitrogens is 1. The molecule has 7 nitrogen and oxygen atoms in total. The van der Waals surface area contributed by atoms with Crippen molar-refractivity contribution in [2.45, 2.75) is 25.7 Å². The van der Waals surface area contributed by atoms with Gasteiger partial charge >= 0.3 is 17.8 Å². The van der Waals surface area contributed by atoms with Crippen molar-refractivity contribution >= 4 is 17.7 Å². The van der Waals surface area contributed by atoms with Crippen LogP contribution in [0.2, 0.25) is 0 Å². The van der Waals surface area contributed by atoms with Crippen LogP contribution < -0.4 is 10.6 Å². The van der Waals surface area contributed by atoms with Crippen molar-refractivity contribution in [3.63, 3.8) is 0 Å². The average Bonchev–Trinajstić information content (AvgIpc) is 2.99. The molecule has 0 radical (unpaired) electrons. The first-order valence-corrected chi connectivity index (χ1v) is 7.52. The van der Waals surface area contributed by atoms with Gasteiger partial charge in [0.2, 0.25) is 0 Å². The van der Waals surface area contributed by atoms with Gasteiger partial charge in [-0.1, -0.05) is 23.4 Å². The third-order valence-electron chi connectivity index (χ3n) is 3.29. The summed E-state index contributed by atoms with van der Waals surface area (Å²) in [6.07, 6.45) is -5.24. The summed E-state index contributed by atoms with van der Waals surface area (Å²) in [5.41, 5.74) is -3.61. The molecule has 0 fully saturated rings. The van der Waals surface area contributed by atoms with E-state index in [1.165, 1.54) is 38.1 Å². The van der Waals surface area contributed by atoms with Gasteiger partial charge in [0.05, 0.1) is 6.61 Å². The molecule has 0 saturated heterocycles. The molecule has 10 heteroatoms. The number of carbonyl (C=O) groups is 2. The number of ether oxygens (including phenoxy) is 1. The first-order valence-electron chi connectivity index (χ1n) is 7.52. The minimum atomic E-state index is -5.24. The van der Waals surface area contributed by atoms with Gasteiger partial charge in [-0.05, 0) is 26.0 Å². The van der Waals surface area contributed by atoms with E-state index in [-0.39, 0.29) is 23.7 Å². The van der Waals surface area contributed by atoms with E-state index in [4.69, 9.17) is 4.52 Å². The highest BCUT2D eigenvalue weighted by molar-refractivity contribution is 5.99. The van der Waals surface area contributed by atoms with Crippen molar-refractivity contribution in [2.75, 3.05) is 11.9 Å². The Morgan fingerprint density at radius 2 is 1.88 bits per heavy atom. The highest BCUT2D eigenvalue weighted by Crippen LogP contribution is 2.33. The molecule has 0 aliphatic carbocycles. The zero-order valence-electron chi connectivity index (χ0n) is 13.9. The fourth-order valence-electron chi connectivity index (χ4n) is 2.08. The highest BCUT2D eigenvalue weighted by atomic mass is 19.4. The number of amides is 1. The number of hydrogen-bond donors (Lipinski definition) is 2. The predicted molar refractivity (Wildman–Crippen MR) is 84.2 cm³/mol. The molecule has 2 aromatic rings. The summed E-state index contributed by atoms with van der Waals surface area (Å²) in [5, 5.41) is 6.99. The number of alkyl halides is 3. The van der Waals surface area contributed by atoms with Gasteiger partial charge in [-0.2, -0.15) is 13.2 Å². The number of halogens is 3. The Kier molecular flexibility index (Phi) is 5.53. The minimum Gasteiger partial charge on any atom is -0.463 e. The van der Waals surface area contributed by atoms with Gasteiger partial charge < -0.3 is 19.9 Å². The molecule has 2 rings (SSSR count). The molecule has 1 aromatic carbocycles. The largest absolute Gasteiger partial charge is 0.463 e. The predicted octanol–water partition coefficient (Wildman–Crippen LogP) is 2.65. The Morgan fingerprint density at radius 1 is 1.23 bits per heavy atom. The number of aryl methyl sites for hydroxylation is 1. The van der Waals surface area contributed by atoms with Crippen molar-refractivity contribution in [3.8, 4) is 0 Å². The van der Waals surface area contributed by atoms with Crippen LogP contribution in [0.3, 0.4) is 0 Å². The van der Waals surface area contributed by atoms with E-state index >= 15 is 0 Å². The van der Waals surface area contributed by atoms with Gasteiger partial charge in [-0.25, -0.2) is 4.79 Å². The lowest BCUT2D eigenvalue weighted by Gasteiger charge is -2.34. The molecule has 0 bridgehead atoms. The van der Waals surface area contributed by atoms with Crippen LogP contribution >= 0.6 is 0 Å². The summed E-state index contributed by atoms with van der Waals surface area (Å²) >= 11 is 0. The first-order chi connectivity index (χ1) is 12.2. The second-order valence-electron chi connectivity index (χ2n) is 5.24. The number of anilines is 1. The number of rotatable bonds is 6. The van der Waals surface area contributed by atoms with E-state index < -0.39 is 23.7 Å². The second-order valence-corrected chi connectivity index (χ2v) is 5.24. The standard InChI is InChI=1S/C16H16F3N3O4/c1-3-25-14(24)15(16(17,18)19,20-12-9-10(2)26-22-12)21-13(23)11-7-5-4-6-8-11/h4-9H,3H2,1-2H3,(H,20,22)(H,21,23)/t15-/m1/s1. The third kappa shape index (κ3) is 3.95. The van der Waals surface area contributed by atoms with Crippen molar-refractivity contribution < 1.29 is 32.0 Å². The topological polar surface area (TPSA) is 93.5 Å². The van der Waals surface area contributed by atoms with Gasteiger partial charge in [0.1, 0.15) is 5.76 Å². The molecular weight excluding hydrogens is 355 g/mol. The maximum atomic E-state index is 13.9. The molecule has 2 N–H and O–H groups in total. The molecule has 1 atom stereocenters. The second kappa shape index (κ2) is 7.46. The van der Waals surface area contributed by atoms with Crippen LogP contribution in [0.25, 0.3) is 0 Å². The molecular formula is C16H16F3N3O4. The molecule has 1 aromatic heterocycles. The van der Waals surface area contributed by atoms with Crippen molar-refractivity contribution in [1.82, 2.24) is 10.5 Å². The zero-order chi connectivity index (χ0) is 19.4. The molecule has 0 spiro atoms. The van der Waals surface area contributed by atoms with Crippen LogP contribution in [-0.2, 0) is 9.53 Å².